The van der Waals surface area contributed by atoms with Gasteiger partial charge in [0.05, 0.1) is 11.8 Å². The van der Waals surface area contributed by atoms with E-state index < -0.39 is 0 Å². The van der Waals surface area contributed by atoms with Crippen molar-refractivity contribution in [3.8, 4) is 0 Å². The summed E-state index contributed by atoms with van der Waals surface area (Å²) in [7, 11) is 0. The van der Waals surface area contributed by atoms with Crippen LogP contribution in [0.5, 0.6) is 0 Å². The molecule has 1 N–H and O–H groups in total. The maximum Gasteiger partial charge on any atom is 0.123 e. The lowest BCUT2D eigenvalue weighted by atomic mass is 9.86. The third-order valence-electron chi connectivity index (χ3n) is 3.41. The summed E-state index contributed by atoms with van der Waals surface area (Å²) >= 11 is 0. The third kappa shape index (κ3) is 2.25. The van der Waals surface area contributed by atoms with Crippen molar-refractivity contribution >= 4 is 0 Å². The van der Waals surface area contributed by atoms with Gasteiger partial charge in [0.25, 0.3) is 0 Å². The fourth-order valence-corrected chi connectivity index (χ4v) is 2.67. The second-order valence-corrected chi connectivity index (χ2v) is 4.55. The van der Waals surface area contributed by atoms with E-state index in [0.717, 1.165) is 12.3 Å². The van der Waals surface area contributed by atoms with E-state index >= 15 is 0 Å². The molecule has 0 aliphatic carbocycles. The molecule has 1 aliphatic heterocycles. The molecule has 1 aromatic heterocycles. The molecule has 2 rings (SSSR count). The minimum Gasteiger partial charge on any atom is -0.467 e. The highest BCUT2D eigenvalue weighted by Crippen LogP contribution is 2.34. The fourth-order valence-electron chi connectivity index (χ4n) is 2.67. The van der Waals surface area contributed by atoms with Crippen LogP contribution in [0.15, 0.2) is 22.8 Å². The first kappa shape index (κ1) is 10.7. The van der Waals surface area contributed by atoms with E-state index in [1.165, 1.54) is 38.5 Å². The SMILES string of the molecule is CCCC1(c2ccco2)CCCCCN1. The fraction of sp³-hybridized carbons (Fsp3) is 0.692. The van der Waals surface area contributed by atoms with Crippen LogP contribution in [0.25, 0.3) is 0 Å². The molecule has 1 unspecified atom stereocenters. The topological polar surface area (TPSA) is 25.2 Å². The smallest absolute Gasteiger partial charge is 0.123 e. The van der Waals surface area contributed by atoms with Crippen LogP contribution in [0.1, 0.15) is 51.2 Å². The summed E-state index contributed by atoms with van der Waals surface area (Å²) in [4.78, 5) is 0. The molecule has 0 saturated carbocycles. The molecule has 1 aliphatic rings. The average molecular weight is 207 g/mol. The predicted molar refractivity (Wildman–Crippen MR) is 61.8 cm³/mol. The van der Waals surface area contributed by atoms with E-state index in [4.69, 9.17) is 4.42 Å². The molecule has 15 heavy (non-hydrogen) atoms. The maximum absolute atomic E-state index is 5.62. The Labute approximate surface area is 92.1 Å². The quantitative estimate of drug-likeness (QED) is 0.821. The molecular formula is C13H21NO. The molecule has 0 radical (unpaired) electrons. The van der Waals surface area contributed by atoms with Crippen molar-refractivity contribution in [1.82, 2.24) is 5.32 Å². The molecule has 2 heteroatoms. The van der Waals surface area contributed by atoms with Crippen LogP contribution in [0, 0.1) is 0 Å². The van der Waals surface area contributed by atoms with Gasteiger partial charge >= 0.3 is 0 Å². The first-order valence-electron chi connectivity index (χ1n) is 6.16. The number of nitrogens with one attached hydrogen (secondary N) is 1. The second kappa shape index (κ2) is 4.84. The van der Waals surface area contributed by atoms with Crippen LogP contribution in [0.3, 0.4) is 0 Å². The van der Waals surface area contributed by atoms with E-state index in [2.05, 4.69) is 18.3 Å². The van der Waals surface area contributed by atoms with Crippen LogP contribution < -0.4 is 5.32 Å². The summed E-state index contributed by atoms with van der Waals surface area (Å²) < 4.78 is 5.62. The lowest BCUT2D eigenvalue weighted by Gasteiger charge is -2.31. The van der Waals surface area contributed by atoms with Crippen LogP contribution in [0.4, 0.5) is 0 Å². The van der Waals surface area contributed by atoms with Crippen molar-refractivity contribution in [2.24, 2.45) is 0 Å². The number of furan rings is 1. The summed E-state index contributed by atoms with van der Waals surface area (Å²) in [6, 6.07) is 4.12. The van der Waals surface area contributed by atoms with E-state index in [0.29, 0.717) is 0 Å². The van der Waals surface area contributed by atoms with Crippen LogP contribution in [0.2, 0.25) is 0 Å². The summed E-state index contributed by atoms with van der Waals surface area (Å²) in [5, 5.41) is 3.70. The molecule has 1 atom stereocenters. The van der Waals surface area contributed by atoms with Gasteiger partial charge in [0, 0.05) is 0 Å². The third-order valence-corrected chi connectivity index (χ3v) is 3.41. The standard InChI is InChI=1S/C13H21NO/c1-2-8-13(12-7-6-11-15-12)9-4-3-5-10-14-13/h6-7,11,14H,2-5,8-10H2,1H3. The predicted octanol–water partition coefficient (Wildman–Crippen LogP) is 3.44. The van der Waals surface area contributed by atoms with Crippen molar-refractivity contribution in [3.05, 3.63) is 24.2 Å². The van der Waals surface area contributed by atoms with Gasteiger partial charge in [-0.05, 0) is 37.9 Å². The van der Waals surface area contributed by atoms with Gasteiger partial charge < -0.3 is 9.73 Å². The summed E-state index contributed by atoms with van der Waals surface area (Å²) in [6.45, 7) is 3.37. The summed E-state index contributed by atoms with van der Waals surface area (Å²) in [5.41, 5.74) is 0.120. The Kier molecular flexibility index (Phi) is 3.47. The van der Waals surface area contributed by atoms with Gasteiger partial charge in [-0.15, -0.1) is 0 Å². The molecule has 0 aromatic carbocycles. The van der Waals surface area contributed by atoms with Crippen molar-refractivity contribution < 1.29 is 4.42 Å². The van der Waals surface area contributed by atoms with Crippen molar-refractivity contribution in [2.45, 2.75) is 51.0 Å². The molecule has 2 heterocycles. The Balaban J connectivity index is 2.21. The molecule has 0 amide bonds. The Morgan fingerprint density at radius 1 is 1.40 bits per heavy atom. The zero-order chi connectivity index (χ0) is 10.6. The molecule has 1 aromatic rings. The van der Waals surface area contributed by atoms with Gasteiger partial charge in [-0.1, -0.05) is 26.2 Å². The molecule has 0 spiro atoms. The van der Waals surface area contributed by atoms with Crippen molar-refractivity contribution in [1.29, 1.82) is 0 Å². The molecule has 2 nitrogen and oxygen atoms in total. The van der Waals surface area contributed by atoms with Crippen LogP contribution in [-0.2, 0) is 5.54 Å². The summed E-state index contributed by atoms with van der Waals surface area (Å²) in [6.07, 6.45) is 9.35. The molecule has 0 bridgehead atoms. The first-order valence-corrected chi connectivity index (χ1v) is 6.16. The molecular weight excluding hydrogens is 186 g/mol. The van der Waals surface area contributed by atoms with Gasteiger partial charge in [-0.25, -0.2) is 0 Å². The van der Waals surface area contributed by atoms with Crippen molar-refractivity contribution in [2.75, 3.05) is 6.54 Å². The van der Waals surface area contributed by atoms with E-state index in [-0.39, 0.29) is 5.54 Å². The van der Waals surface area contributed by atoms with Gasteiger partial charge in [0.1, 0.15) is 5.76 Å². The average Bonchev–Trinajstić information content (AvgIpc) is 2.68. The highest BCUT2D eigenvalue weighted by atomic mass is 16.3. The monoisotopic (exact) mass is 207 g/mol. The molecule has 1 fully saturated rings. The van der Waals surface area contributed by atoms with E-state index in [1.807, 2.05) is 6.07 Å². The van der Waals surface area contributed by atoms with Gasteiger partial charge in [-0.2, -0.15) is 0 Å². The number of hydrogen-bond donors (Lipinski definition) is 1. The van der Waals surface area contributed by atoms with Crippen LogP contribution in [-0.4, -0.2) is 6.54 Å². The highest BCUT2D eigenvalue weighted by Gasteiger charge is 2.33. The zero-order valence-corrected chi connectivity index (χ0v) is 9.59. The minimum absolute atomic E-state index is 0.120. The zero-order valence-electron chi connectivity index (χ0n) is 9.59. The largest absolute Gasteiger partial charge is 0.467 e. The van der Waals surface area contributed by atoms with E-state index in [9.17, 15) is 0 Å². The number of rotatable bonds is 3. The minimum atomic E-state index is 0.120. The summed E-state index contributed by atoms with van der Waals surface area (Å²) in [5.74, 6) is 1.13. The lowest BCUT2D eigenvalue weighted by Crippen LogP contribution is -2.41. The maximum atomic E-state index is 5.62. The van der Waals surface area contributed by atoms with Crippen molar-refractivity contribution in [3.63, 3.8) is 0 Å². The Morgan fingerprint density at radius 3 is 3.07 bits per heavy atom. The van der Waals surface area contributed by atoms with Gasteiger partial charge in [-0.3, -0.25) is 0 Å². The van der Waals surface area contributed by atoms with Crippen LogP contribution >= 0.6 is 0 Å². The Bertz CT molecular complexity index is 271. The van der Waals surface area contributed by atoms with Gasteiger partial charge in [0.2, 0.25) is 0 Å². The molecule has 1 saturated heterocycles. The second-order valence-electron chi connectivity index (χ2n) is 4.55. The highest BCUT2D eigenvalue weighted by molar-refractivity contribution is 5.13. The Hall–Kier alpha value is -0.760. The van der Waals surface area contributed by atoms with Gasteiger partial charge in [0.15, 0.2) is 0 Å². The normalized spacial score (nSPS) is 27.5. The lowest BCUT2D eigenvalue weighted by molar-refractivity contribution is 0.242. The first-order chi connectivity index (χ1) is 7.37. The Morgan fingerprint density at radius 2 is 2.33 bits per heavy atom. The van der Waals surface area contributed by atoms with E-state index in [1.54, 1.807) is 6.26 Å². The number of hydrogen-bond acceptors (Lipinski definition) is 2. The molecule has 84 valence electrons.